The number of nitrogens with zero attached hydrogens (tertiary/aromatic N) is 3. The van der Waals surface area contributed by atoms with Crippen LogP contribution in [0.5, 0.6) is 0 Å². The monoisotopic (exact) mass is 217 g/mol. The molecule has 0 amide bonds. The Kier molecular flexibility index (Phi) is 2.07. The average Bonchev–Trinajstić information content (AvgIpc) is 2.84. The fourth-order valence-electron chi connectivity index (χ4n) is 2.22. The highest BCUT2D eigenvalue weighted by atomic mass is 15.3. The second-order valence-corrected chi connectivity index (χ2v) is 4.32. The molecule has 0 radical (unpaired) electrons. The molecule has 2 heterocycles. The van der Waals surface area contributed by atoms with Gasteiger partial charge in [-0.15, -0.1) is 0 Å². The molecule has 1 aliphatic carbocycles. The zero-order valence-electron chi connectivity index (χ0n) is 9.27. The molecule has 0 spiro atoms. The van der Waals surface area contributed by atoms with Crippen LogP contribution in [0.1, 0.15) is 30.3 Å². The lowest BCUT2D eigenvalue weighted by atomic mass is 9.97. The van der Waals surface area contributed by atoms with Crippen molar-refractivity contribution >= 4 is 0 Å². The summed E-state index contributed by atoms with van der Waals surface area (Å²) in [5, 5.41) is 4.33. The van der Waals surface area contributed by atoms with E-state index in [4.69, 9.17) is 5.73 Å². The number of imidazole rings is 1. The molecular weight excluding hydrogens is 202 g/mol. The molecule has 0 aromatic carbocycles. The summed E-state index contributed by atoms with van der Waals surface area (Å²) in [6.45, 7) is 0. The number of hydrogen-bond acceptors (Lipinski definition) is 3. The molecule has 0 aliphatic heterocycles. The SMILES string of the molecule is Cn1ccc(-c2nc3c([nH]2)CCCC3N)n1. The number of H-pyrrole nitrogens is 1. The van der Waals surface area contributed by atoms with Gasteiger partial charge in [-0.05, 0) is 25.3 Å². The van der Waals surface area contributed by atoms with Crippen LogP contribution in [0.2, 0.25) is 0 Å². The van der Waals surface area contributed by atoms with Crippen molar-refractivity contribution in [3.63, 3.8) is 0 Å². The van der Waals surface area contributed by atoms with Crippen LogP contribution in [0, 0.1) is 0 Å². The molecule has 5 heteroatoms. The van der Waals surface area contributed by atoms with E-state index in [2.05, 4.69) is 15.1 Å². The van der Waals surface area contributed by atoms with Gasteiger partial charge in [-0.1, -0.05) is 0 Å². The molecule has 5 nitrogen and oxygen atoms in total. The third-order valence-electron chi connectivity index (χ3n) is 3.06. The number of nitrogens with two attached hydrogens (primary N) is 1. The largest absolute Gasteiger partial charge is 0.340 e. The Morgan fingerprint density at radius 1 is 1.56 bits per heavy atom. The summed E-state index contributed by atoms with van der Waals surface area (Å²) in [7, 11) is 1.90. The second kappa shape index (κ2) is 3.45. The molecule has 3 N–H and O–H groups in total. The molecule has 1 unspecified atom stereocenters. The first-order chi connectivity index (χ1) is 7.74. The minimum Gasteiger partial charge on any atom is -0.340 e. The van der Waals surface area contributed by atoms with Crippen molar-refractivity contribution < 1.29 is 0 Å². The van der Waals surface area contributed by atoms with Crippen molar-refractivity contribution in [2.45, 2.75) is 25.3 Å². The van der Waals surface area contributed by atoms with Gasteiger partial charge in [-0.2, -0.15) is 5.10 Å². The van der Waals surface area contributed by atoms with Crippen molar-refractivity contribution in [1.29, 1.82) is 0 Å². The van der Waals surface area contributed by atoms with E-state index in [1.165, 1.54) is 5.69 Å². The Labute approximate surface area is 93.7 Å². The lowest BCUT2D eigenvalue weighted by Gasteiger charge is -2.15. The van der Waals surface area contributed by atoms with Gasteiger partial charge in [0.05, 0.1) is 5.69 Å². The molecule has 0 fully saturated rings. The van der Waals surface area contributed by atoms with E-state index in [-0.39, 0.29) is 6.04 Å². The Morgan fingerprint density at radius 2 is 2.44 bits per heavy atom. The first-order valence-electron chi connectivity index (χ1n) is 5.58. The molecule has 0 saturated carbocycles. The molecule has 0 bridgehead atoms. The summed E-state index contributed by atoms with van der Waals surface area (Å²) in [5.41, 5.74) is 9.11. The molecule has 16 heavy (non-hydrogen) atoms. The molecule has 3 rings (SSSR count). The Hall–Kier alpha value is -1.62. The Balaban J connectivity index is 2.04. The molecule has 2 aromatic heterocycles. The van der Waals surface area contributed by atoms with Gasteiger partial charge in [0.2, 0.25) is 0 Å². The van der Waals surface area contributed by atoms with Gasteiger partial charge in [-0.3, -0.25) is 4.68 Å². The first-order valence-corrected chi connectivity index (χ1v) is 5.58. The zero-order chi connectivity index (χ0) is 11.1. The van der Waals surface area contributed by atoms with E-state index in [1.54, 1.807) is 4.68 Å². The predicted octanol–water partition coefficient (Wildman–Crippen LogP) is 1.15. The number of aryl methyl sites for hydroxylation is 2. The van der Waals surface area contributed by atoms with Crippen molar-refractivity contribution in [3.8, 4) is 11.5 Å². The maximum absolute atomic E-state index is 6.03. The van der Waals surface area contributed by atoms with Crippen LogP contribution in [0.3, 0.4) is 0 Å². The molecule has 1 atom stereocenters. The number of aromatic amines is 1. The van der Waals surface area contributed by atoms with E-state index < -0.39 is 0 Å². The van der Waals surface area contributed by atoms with E-state index in [0.29, 0.717) is 0 Å². The standard InChI is InChI=1S/C11H15N5/c1-16-6-5-9(15-16)11-13-8-4-2-3-7(12)10(8)14-11/h5-7H,2-4,12H2,1H3,(H,13,14). The second-order valence-electron chi connectivity index (χ2n) is 4.32. The number of nitrogens with one attached hydrogen (secondary N) is 1. The van der Waals surface area contributed by atoms with E-state index in [1.807, 2.05) is 19.3 Å². The lowest BCUT2D eigenvalue weighted by molar-refractivity contribution is 0.555. The fraction of sp³-hybridized carbons (Fsp3) is 0.455. The molecule has 1 aliphatic rings. The smallest absolute Gasteiger partial charge is 0.158 e. The summed E-state index contributed by atoms with van der Waals surface area (Å²) in [4.78, 5) is 7.89. The van der Waals surface area contributed by atoms with Crippen molar-refractivity contribution in [1.82, 2.24) is 19.7 Å². The number of rotatable bonds is 1. The average molecular weight is 217 g/mol. The van der Waals surface area contributed by atoms with E-state index >= 15 is 0 Å². The Morgan fingerprint density at radius 3 is 3.12 bits per heavy atom. The molecule has 2 aromatic rings. The maximum Gasteiger partial charge on any atom is 0.158 e. The van der Waals surface area contributed by atoms with Crippen LogP contribution in [-0.4, -0.2) is 19.7 Å². The van der Waals surface area contributed by atoms with Gasteiger partial charge < -0.3 is 10.7 Å². The van der Waals surface area contributed by atoms with Crippen LogP contribution in [-0.2, 0) is 13.5 Å². The summed E-state index contributed by atoms with van der Waals surface area (Å²) in [5.74, 6) is 0.836. The Bertz CT molecular complexity index is 510. The van der Waals surface area contributed by atoms with Crippen molar-refractivity contribution in [3.05, 3.63) is 23.7 Å². The van der Waals surface area contributed by atoms with Gasteiger partial charge in [-0.25, -0.2) is 4.98 Å². The van der Waals surface area contributed by atoms with Gasteiger partial charge in [0.25, 0.3) is 0 Å². The highest BCUT2D eigenvalue weighted by Crippen LogP contribution is 2.28. The molecule has 0 saturated heterocycles. The van der Waals surface area contributed by atoms with Crippen molar-refractivity contribution in [2.24, 2.45) is 12.8 Å². The maximum atomic E-state index is 6.03. The minimum atomic E-state index is 0.0810. The number of hydrogen-bond donors (Lipinski definition) is 2. The van der Waals surface area contributed by atoms with Gasteiger partial charge in [0.15, 0.2) is 5.82 Å². The number of aromatic nitrogens is 4. The summed E-state index contributed by atoms with van der Waals surface area (Å²) in [6.07, 6.45) is 5.12. The lowest BCUT2D eigenvalue weighted by Crippen LogP contribution is -2.17. The summed E-state index contributed by atoms with van der Waals surface area (Å²) in [6, 6.07) is 2.04. The highest BCUT2D eigenvalue weighted by molar-refractivity contribution is 5.50. The van der Waals surface area contributed by atoms with Crippen LogP contribution in [0.15, 0.2) is 12.3 Å². The van der Waals surface area contributed by atoms with Gasteiger partial charge >= 0.3 is 0 Å². The molecular formula is C11H15N5. The van der Waals surface area contributed by atoms with Crippen molar-refractivity contribution in [2.75, 3.05) is 0 Å². The minimum absolute atomic E-state index is 0.0810. The fourth-order valence-corrected chi connectivity index (χ4v) is 2.22. The van der Waals surface area contributed by atoms with Gasteiger partial charge in [0, 0.05) is 25.0 Å². The quantitative estimate of drug-likeness (QED) is 0.752. The van der Waals surface area contributed by atoms with E-state index in [0.717, 1.165) is 36.5 Å². The normalized spacial score (nSPS) is 19.8. The predicted molar refractivity (Wildman–Crippen MR) is 60.7 cm³/mol. The highest BCUT2D eigenvalue weighted by Gasteiger charge is 2.22. The van der Waals surface area contributed by atoms with Crippen LogP contribution in [0.25, 0.3) is 11.5 Å². The summed E-state index contributed by atoms with van der Waals surface area (Å²) < 4.78 is 1.77. The van der Waals surface area contributed by atoms with E-state index in [9.17, 15) is 0 Å². The molecule has 84 valence electrons. The third kappa shape index (κ3) is 1.44. The van der Waals surface area contributed by atoms with Crippen LogP contribution < -0.4 is 5.73 Å². The van der Waals surface area contributed by atoms with Gasteiger partial charge in [0.1, 0.15) is 5.69 Å². The summed E-state index contributed by atoms with van der Waals surface area (Å²) >= 11 is 0. The van der Waals surface area contributed by atoms with Crippen LogP contribution >= 0.6 is 0 Å². The topological polar surface area (TPSA) is 72.5 Å². The third-order valence-corrected chi connectivity index (χ3v) is 3.06. The zero-order valence-corrected chi connectivity index (χ0v) is 9.27. The van der Waals surface area contributed by atoms with Crippen LogP contribution in [0.4, 0.5) is 0 Å². The first kappa shape index (κ1) is 9.59. The number of fused-ring (bicyclic) bond motifs is 1.